The Balaban J connectivity index is 1.15. The monoisotopic (exact) mass is 798 g/mol. The summed E-state index contributed by atoms with van der Waals surface area (Å²) in [6.45, 7) is 13.9. The van der Waals surface area contributed by atoms with Gasteiger partial charge in [0.2, 0.25) is 0 Å². The first-order chi connectivity index (χ1) is 26.1. The van der Waals surface area contributed by atoms with Crippen molar-refractivity contribution in [1.82, 2.24) is 0 Å². The molecule has 0 aromatic rings. The predicted octanol–water partition coefficient (Wildman–Crippen LogP) is 0.731. The van der Waals surface area contributed by atoms with E-state index < -0.39 is 113 Å². The van der Waals surface area contributed by atoms with Gasteiger partial charge in [0.15, 0.2) is 12.6 Å². The van der Waals surface area contributed by atoms with Gasteiger partial charge in [0.05, 0.1) is 44.2 Å². The second-order valence-electron chi connectivity index (χ2n) is 20.8. The van der Waals surface area contributed by atoms with Crippen molar-refractivity contribution in [3.05, 3.63) is 11.6 Å². The summed E-state index contributed by atoms with van der Waals surface area (Å²) in [7, 11) is 0. The molecule has 56 heavy (non-hydrogen) atoms. The van der Waals surface area contributed by atoms with Crippen molar-refractivity contribution in [1.29, 1.82) is 0 Å². The van der Waals surface area contributed by atoms with Crippen LogP contribution in [0.25, 0.3) is 0 Å². The van der Waals surface area contributed by atoms with Gasteiger partial charge in [-0.05, 0) is 91.8 Å². The number of ether oxygens (including phenoxy) is 4. The number of fused-ring (bicyclic) bond motifs is 7. The van der Waals surface area contributed by atoms with Crippen molar-refractivity contribution >= 4 is 0 Å². The van der Waals surface area contributed by atoms with Crippen LogP contribution in [0.1, 0.15) is 99.8 Å². The third kappa shape index (κ3) is 6.17. The fourth-order valence-electron chi connectivity index (χ4n) is 13.8. The molecule has 0 bridgehead atoms. The summed E-state index contributed by atoms with van der Waals surface area (Å²) >= 11 is 0. The molecule has 322 valence electrons. The zero-order valence-electron chi connectivity index (χ0n) is 34.2. The van der Waals surface area contributed by atoms with Gasteiger partial charge in [0.25, 0.3) is 0 Å². The molecule has 0 amide bonds. The molecular formula is C42H70O14. The first kappa shape index (κ1) is 43.3. The lowest BCUT2D eigenvalue weighted by molar-refractivity contribution is -0.368. The highest BCUT2D eigenvalue weighted by Crippen LogP contribution is 2.76. The maximum Gasteiger partial charge on any atom is 0.187 e. The molecule has 7 aliphatic rings. The highest BCUT2D eigenvalue weighted by atomic mass is 16.7. The van der Waals surface area contributed by atoms with Gasteiger partial charge in [-0.1, -0.05) is 53.2 Å². The van der Waals surface area contributed by atoms with Crippen LogP contribution >= 0.6 is 0 Å². The van der Waals surface area contributed by atoms with Gasteiger partial charge in [0, 0.05) is 16.7 Å². The Morgan fingerprint density at radius 3 is 2.04 bits per heavy atom. The molecule has 21 atom stereocenters. The zero-order chi connectivity index (χ0) is 41.1. The quantitative estimate of drug-likeness (QED) is 0.126. The smallest absolute Gasteiger partial charge is 0.187 e. The van der Waals surface area contributed by atoms with Gasteiger partial charge in [0.1, 0.15) is 42.7 Å². The van der Waals surface area contributed by atoms with Crippen molar-refractivity contribution in [2.24, 2.45) is 50.2 Å². The maximum atomic E-state index is 12.4. The summed E-state index contributed by atoms with van der Waals surface area (Å²) in [6, 6.07) is 0. The summed E-state index contributed by atoms with van der Waals surface area (Å²) in [5, 5.41) is 110. The summed E-state index contributed by atoms with van der Waals surface area (Å²) in [6.07, 6.45) is -9.02. The molecule has 2 aliphatic heterocycles. The van der Waals surface area contributed by atoms with E-state index in [0.717, 1.165) is 32.1 Å². The largest absolute Gasteiger partial charge is 0.396 e. The molecule has 7 rings (SSSR count). The van der Waals surface area contributed by atoms with Crippen molar-refractivity contribution < 1.29 is 70.0 Å². The standard InChI is InChI=1S/C42H70O14/c1-20-28(48)33(56-35-31(51)30(50)29(49)24(17-43)54-35)32(52)36(53-20)55-27-9-10-38(4)25(39(27,5)18-44)8-11-40(6)34(38)23(46)14-21-22-15-37(2,3)12-13-42(22,19-45)26(47)16-41(21,40)7/h14,20,22-36,43-52H,8-13,15-19H2,1-7H3/t20-,22-,23+,24+,25-,26-,27+,28+,29-,30-,31+,32-,33-,34-,35-,36+,38-,39+,40-,41-,42+/m0/s1. The average Bonchev–Trinajstić information content (AvgIpc) is 3.14. The lowest BCUT2D eigenvalue weighted by Crippen LogP contribution is -2.70. The maximum absolute atomic E-state index is 12.4. The number of aliphatic hydroxyl groups is 10. The number of hydrogen-bond donors (Lipinski definition) is 10. The predicted molar refractivity (Wildman–Crippen MR) is 200 cm³/mol. The Labute approximate surface area is 330 Å². The van der Waals surface area contributed by atoms with Crippen LogP contribution in [0.15, 0.2) is 11.6 Å². The normalized spacial score (nSPS) is 56.9. The first-order valence-electron chi connectivity index (χ1n) is 21.0. The molecule has 0 radical (unpaired) electrons. The van der Waals surface area contributed by atoms with Gasteiger partial charge in [-0.2, -0.15) is 0 Å². The van der Waals surface area contributed by atoms with Crippen LogP contribution in [0.3, 0.4) is 0 Å². The third-order valence-corrected chi connectivity index (χ3v) is 17.4. The molecule has 4 saturated carbocycles. The van der Waals surface area contributed by atoms with Gasteiger partial charge < -0.3 is 70.0 Å². The Bertz CT molecular complexity index is 1480. The molecule has 0 aromatic carbocycles. The third-order valence-electron chi connectivity index (χ3n) is 17.4. The van der Waals surface area contributed by atoms with Crippen LogP contribution in [0.2, 0.25) is 0 Å². The summed E-state index contributed by atoms with van der Waals surface area (Å²) in [5.74, 6) is -0.373. The van der Waals surface area contributed by atoms with Crippen LogP contribution in [-0.4, -0.2) is 151 Å². The van der Waals surface area contributed by atoms with E-state index in [1.807, 2.05) is 6.92 Å². The fourth-order valence-corrected chi connectivity index (χ4v) is 13.8. The molecule has 2 heterocycles. The molecule has 14 heteroatoms. The van der Waals surface area contributed by atoms with Crippen molar-refractivity contribution in [2.75, 3.05) is 19.8 Å². The summed E-state index contributed by atoms with van der Waals surface area (Å²) in [5.41, 5.74) is -1.56. The van der Waals surface area contributed by atoms with Crippen molar-refractivity contribution in [3.63, 3.8) is 0 Å². The van der Waals surface area contributed by atoms with E-state index in [0.29, 0.717) is 19.3 Å². The Morgan fingerprint density at radius 2 is 1.39 bits per heavy atom. The Kier molecular flexibility index (Phi) is 11.3. The first-order valence-corrected chi connectivity index (χ1v) is 21.0. The summed E-state index contributed by atoms with van der Waals surface area (Å²) in [4.78, 5) is 0. The van der Waals surface area contributed by atoms with E-state index in [4.69, 9.17) is 18.9 Å². The van der Waals surface area contributed by atoms with Gasteiger partial charge in [-0.15, -0.1) is 0 Å². The molecule has 0 aromatic heterocycles. The lowest BCUT2D eigenvalue weighted by Gasteiger charge is -2.72. The highest BCUT2D eigenvalue weighted by molar-refractivity contribution is 5.37. The minimum Gasteiger partial charge on any atom is -0.396 e. The van der Waals surface area contributed by atoms with Gasteiger partial charge in [-0.3, -0.25) is 0 Å². The van der Waals surface area contributed by atoms with E-state index in [1.54, 1.807) is 6.92 Å². The van der Waals surface area contributed by atoms with E-state index in [1.165, 1.54) is 5.57 Å². The lowest BCUT2D eigenvalue weighted by atomic mass is 9.33. The average molecular weight is 799 g/mol. The zero-order valence-corrected chi connectivity index (χ0v) is 34.2. The van der Waals surface area contributed by atoms with Crippen LogP contribution in [0.4, 0.5) is 0 Å². The molecule has 5 aliphatic carbocycles. The van der Waals surface area contributed by atoms with Crippen LogP contribution < -0.4 is 0 Å². The van der Waals surface area contributed by atoms with E-state index >= 15 is 0 Å². The second-order valence-corrected chi connectivity index (χ2v) is 20.8. The van der Waals surface area contributed by atoms with E-state index in [9.17, 15) is 51.1 Å². The van der Waals surface area contributed by atoms with Crippen LogP contribution in [-0.2, 0) is 18.9 Å². The SMILES string of the molecule is C[C@@H]1O[C@H](O[C@@H]2CC[C@@]3(C)[C@H](CC[C@@]4(C)[C@H]3[C@H](O)C=C3[C@@H]5CC(C)(C)CC[C@]5(CO)[C@@H](O)C[C@@]34C)[C@@]2(C)CO)[C@@H](O)[C@@H](O[C@@H]2O[C@H](CO)[C@H](O)[C@H](O)[C@H]2O)[C@@H]1O. The Hall–Kier alpha value is -0.820. The molecule has 0 unspecified atom stereocenters. The molecule has 6 fully saturated rings. The Morgan fingerprint density at radius 1 is 0.714 bits per heavy atom. The van der Waals surface area contributed by atoms with Gasteiger partial charge >= 0.3 is 0 Å². The number of hydrogen-bond acceptors (Lipinski definition) is 14. The van der Waals surface area contributed by atoms with Gasteiger partial charge in [-0.25, -0.2) is 0 Å². The minimum absolute atomic E-state index is 0.0351. The second kappa shape index (κ2) is 14.7. The molecular weight excluding hydrogens is 728 g/mol. The summed E-state index contributed by atoms with van der Waals surface area (Å²) < 4.78 is 24.0. The van der Waals surface area contributed by atoms with E-state index in [-0.39, 0.29) is 36.4 Å². The highest BCUT2D eigenvalue weighted by Gasteiger charge is 2.72. The molecule has 10 N–H and O–H groups in total. The van der Waals surface area contributed by atoms with Crippen LogP contribution in [0.5, 0.6) is 0 Å². The minimum atomic E-state index is -1.75. The number of rotatable bonds is 7. The van der Waals surface area contributed by atoms with E-state index in [2.05, 4.69) is 40.7 Å². The fraction of sp³-hybridized carbons (Fsp3) is 0.952. The van der Waals surface area contributed by atoms with Crippen molar-refractivity contribution in [2.45, 2.75) is 180 Å². The number of allylic oxidation sites excluding steroid dienone is 1. The molecule has 14 nitrogen and oxygen atoms in total. The van der Waals surface area contributed by atoms with Crippen LogP contribution in [0, 0.1) is 50.2 Å². The topological polar surface area (TPSA) is 239 Å². The molecule has 2 saturated heterocycles. The van der Waals surface area contributed by atoms with Crippen molar-refractivity contribution in [3.8, 4) is 0 Å². The molecule has 0 spiro atoms. The number of aliphatic hydroxyl groups excluding tert-OH is 10.